The number of carboxylic acid groups (broad SMARTS) is 1. The molecular weight excluding hydrogens is 574 g/mol. The molecule has 12 heteroatoms. The topological polar surface area (TPSA) is 146 Å². The number of rotatable bonds is 11. The molecule has 3 aliphatic heterocycles. The smallest absolute Gasteiger partial charge is 0.353 e. The van der Waals surface area contributed by atoms with Gasteiger partial charge in [0, 0.05) is 46.0 Å². The number of aldehydes is 1. The molecule has 3 N–H and O–H groups in total. The van der Waals surface area contributed by atoms with Crippen molar-refractivity contribution < 1.29 is 38.9 Å². The molecule has 5 rings (SSSR count). The summed E-state index contributed by atoms with van der Waals surface area (Å²) in [6, 6.07) is 11.1. The van der Waals surface area contributed by atoms with Crippen molar-refractivity contribution in [2.75, 3.05) is 26.1 Å². The number of aliphatic carboxylic acids is 1. The summed E-state index contributed by atoms with van der Waals surface area (Å²) in [4.78, 5) is 54.0. The molecule has 228 valence electrons. The molecule has 3 heterocycles. The van der Waals surface area contributed by atoms with Crippen LogP contribution in [0, 0.1) is 11.8 Å². The molecule has 2 saturated heterocycles. The Hall–Kier alpha value is -3.87. The summed E-state index contributed by atoms with van der Waals surface area (Å²) < 4.78 is 11.0. The Morgan fingerprint density at radius 1 is 1.19 bits per heavy atom. The second-order valence-electron chi connectivity index (χ2n) is 11.1. The number of anilines is 1. The molecule has 0 bridgehead atoms. The van der Waals surface area contributed by atoms with Crippen molar-refractivity contribution in [3.05, 3.63) is 64.2 Å². The number of aliphatic hydroxyl groups is 1. The molecule has 2 aromatic carbocycles. The normalized spacial score (nSPS) is 25.7. The van der Waals surface area contributed by atoms with Gasteiger partial charge >= 0.3 is 5.97 Å². The van der Waals surface area contributed by atoms with Crippen molar-refractivity contribution in [3.63, 3.8) is 0 Å². The van der Waals surface area contributed by atoms with Crippen LogP contribution < -0.4 is 14.8 Å². The van der Waals surface area contributed by atoms with Crippen molar-refractivity contribution >= 4 is 41.5 Å². The lowest BCUT2D eigenvalue weighted by atomic mass is 9.79. The summed E-state index contributed by atoms with van der Waals surface area (Å²) in [5.74, 6) is -1.47. The van der Waals surface area contributed by atoms with E-state index in [4.69, 9.17) is 9.47 Å². The molecule has 0 radical (unpaired) electrons. The summed E-state index contributed by atoms with van der Waals surface area (Å²) in [5.41, 5.74) is 1.72. The van der Waals surface area contributed by atoms with E-state index in [2.05, 4.69) is 5.32 Å². The van der Waals surface area contributed by atoms with E-state index in [1.165, 1.54) is 16.7 Å². The van der Waals surface area contributed by atoms with Gasteiger partial charge in [0.1, 0.15) is 23.5 Å². The van der Waals surface area contributed by atoms with Gasteiger partial charge in [0.05, 0.1) is 38.3 Å². The number of benzene rings is 2. The molecule has 2 amide bonds. The predicted molar refractivity (Wildman–Crippen MR) is 160 cm³/mol. The van der Waals surface area contributed by atoms with E-state index in [9.17, 15) is 29.4 Å². The van der Waals surface area contributed by atoms with E-state index >= 15 is 0 Å². The number of carbonyl (C=O) groups excluding carboxylic acids is 3. The molecule has 0 aliphatic carbocycles. The summed E-state index contributed by atoms with van der Waals surface area (Å²) in [5, 5.41) is 23.1. The number of fused-ring (bicyclic) bond motifs is 1. The number of thioether (sulfide) groups is 1. The molecule has 2 fully saturated rings. The van der Waals surface area contributed by atoms with Crippen LogP contribution in [0.3, 0.4) is 0 Å². The van der Waals surface area contributed by atoms with Gasteiger partial charge in [-0.1, -0.05) is 19.1 Å². The van der Waals surface area contributed by atoms with Crippen LogP contribution in [-0.4, -0.2) is 88.3 Å². The minimum absolute atomic E-state index is 0.0380. The maximum Gasteiger partial charge on any atom is 0.353 e. The Morgan fingerprint density at radius 3 is 2.60 bits per heavy atom. The SMILES string of the molecule is COc1ccc(OC)c(CN2C[C@@H](SC3=C(C(=O)O)N4C(=O)[C@H]([C@@H](C)O)[C@H]4[C@H]3C)C[C@H]2C(=O)Nc2cccc(C=O)c2)c1. The van der Waals surface area contributed by atoms with Crippen molar-refractivity contribution in [1.82, 2.24) is 9.80 Å². The number of nitrogens with zero attached hydrogens (tertiary/aromatic N) is 2. The summed E-state index contributed by atoms with van der Waals surface area (Å²) in [6.07, 6.45) is 0.241. The van der Waals surface area contributed by atoms with Crippen LogP contribution in [0.15, 0.2) is 53.1 Å². The fraction of sp³-hybridized carbons (Fsp3) is 0.419. The van der Waals surface area contributed by atoms with Gasteiger partial charge in [-0.3, -0.25) is 19.3 Å². The second kappa shape index (κ2) is 12.4. The lowest BCUT2D eigenvalue weighted by Gasteiger charge is -2.46. The van der Waals surface area contributed by atoms with Crippen LogP contribution in [-0.2, 0) is 20.9 Å². The van der Waals surface area contributed by atoms with Crippen LogP contribution in [0.5, 0.6) is 11.5 Å². The van der Waals surface area contributed by atoms with Crippen LogP contribution in [0.1, 0.15) is 36.2 Å². The zero-order chi connectivity index (χ0) is 31.0. The van der Waals surface area contributed by atoms with Gasteiger partial charge in [-0.15, -0.1) is 11.8 Å². The third-order valence-corrected chi connectivity index (χ3v) is 9.92. The first-order valence-electron chi connectivity index (χ1n) is 14.0. The Labute approximate surface area is 253 Å². The number of hydrogen-bond acceptors (Lipinski definition) is 9. The van der Waals surface area contributed by atoms with E-state index in [0.717, 1.165) is 5.56 Å². The zero-order valence-electron chi connectivity index (χ0n) is 24.4. The van der Waals surface area contributed by atoms with E-state index in [0.29, 0.717) is 53.5 Å². The number of methoxy groups -OCH3 is 2. The summed E-state index contributed by atoms with van der Waals surface area (Å²) in [7, 11) is 3.15. The molecule has 11 nitrogen and oxygen atoms in total. The van der Waals surface area contributed by atoms with Crippen molar-refractivity contribution in [2.45, 2.75) is 50.3 Å². The lowest BCUT2D eigenvalue weighted by Crippen LogP contribution is -2.63. The first-order valence-corrected chi connectivity index (χ1v) is 14.9. The molecule has 0 aromatic heterocycles. The zero-order valence-corrected chi connectivity index (χ0v) is 25.2. The van der Waals surface area contributed by atoms with Gasteiger partial charge in [0.25, 0.3) is 0 Å². The van der Waals surface area contributed by atoms with E-state index in [1.807, 2.05) is 17.9 Å². The van der Waals surface area contributed by atoms with Gasteiger partial charge < -0.3 is 29.9 Å². The fourth-order valence-electron chi connectivity index (χ4n) is 6.39. The maximum atomic E-state index is 13.7. The monoisotopic (exact) mass is 609 g/mol. The molecule has 2 aromatic rings. The minimum atomic E-state index is -1.19. The van der Waals surface area contributed by atoms with Crippen molar-refractivity contribution in [1.29, 1.82) is 0 Å². The summed E-state index contributed by atoms with van der Waals surface area (Å²) in [6.45, 7) is 4.25. The fourth-order valence-corrected chi connectivity index (χ4v) is 7.95. The van der Waals surface area contributed by atoms with Gasteiger partial charge in [-0.05, 0) is 43.7 Å². The number of ether oxygens (including phenoxy) is 2. The van der Waals surface area contributed by atoms with E-state index in [1.54, 1.807) is 57.5 Å². The van der Waals surface area contributed by atoms with E-state index in [-0.39, 0.29) is 28.7 Å². The van der Waals surface area contributed by atoms with Crippen molar-refractivity contribution in [3.8, 4) is 11.5 Å². The number of carbonyl (C=O) groups is 4. The van der Waals surface area contributed by atoms with E-state index < -0.39 is 30.1 Å². The van der Waals surface area contributed by atoms with Gasteiger partial charge in [0.15, 0.2) is 0 Å². The highest BCUT2D eigenvalue weighted by Gasteiger charge is 2.60. The highest BCUT2D eigenvalue weighted by molar-refractivity contribution is 8.03. The van der Waals surface area contributed by atoms with Crippen LogP contribution >= 0.6 is 11.8 Å². The quantitative estimate of drug-likeness (QED) is 0.257. The number of hydrogen-bond donors (Lipinski definition) is 3. The Balaban J connectivity index is 1.43. The minimum Gasteiger partial charge on any atom is -0.497 e. The predicted octanol–water partition coefficient (Wildman–Crippen LogP) is 2.98. The molecule has 0 saturated carbocycles. The number of β-lactam (4-membered cyclic amide) rings is 1. The lowest BCUT2D eigenvalue weighted by molar-refractivity contribution is -0.163. The average Bonchev–Trinajstić information content (AvgIpc) is 3.49. The van der Waals surface area contributed by atoms with Crippen LogP contribution in [0.25, 0.3) is 0 Å². The maximum absolute atomic E-state index is 13.7. The third-order valence-electron chi connectivity index (χ3n) is 8.42. The molecule has 43 heavy (non-hydrogen) atoms. The molecule has 0 spiro atoms. The summed E-state index contributed by atoms with van der Waals surface area (Å²) >= 11 is 1.39. The van der Waals surface area contributed by atoms with Gasteiger partial charge in [0.2, 0.25) is 11.8 Å². The Kier molecular flexibility index (Phi) is 8.81. The standard InChI is InChI=1S/C31H35N3O8S/c1-16-26-25(17(2)36)30(38)34(26)27(31(39)40)28(16)43-22-12-23(29(37)32-20-7-5-6-18(10-20)15-35)33(14-22)13-19-11-21(41-3)8-9-24(19)42-4/h5-11,15-17,22-23,25-26,36H,12-14H2,1-4H3,(H,32,37)(H,39,40)/t16-,17-,22+,23+,25-,26-/m1/s1. The highest BCUT2D eigenvalue weighted by atomic mass is 32.2. The van der Waals surface area contributed by atoms with Crippen molar-refractivity contribution in [2.24, 2.45) is 11.8 Å². The largest absolute Gasteiger partial charge is 0.497 e. The van der Waals surface area contributed by atoms with Gasteiger partial charge in [-0.25, -0.2) is 4.79 Å². The number of aliphatic hydroxyl groups excluding tert-OH is 1. The number of nitrogens with one attached hydrogen (secondary N) is 1. The molecule has 6 atom stereocenters. The second-order valence-corrected chi connectivity index (χ2v) is 12.4. The van der Waals surface area contributed by atoms with Crippen LogP contribution in [0.2, 0.25) is 0 Å². The first kappa shape index (κ1) is 30.6. The number of likely N-dealkylation sites (tertiary alicyclic amines) is 1. The molecule has 0 unspecified atom stereocenters. The van der Waals surface area contributed by atoms with Crippen LogP contribution in [0.4, 0.5) is 5.69 Å². The Morgan fingerprint density at radius 2 is 1.95 bits per heavy atom. The first-order chi connectivity index (χ1) is 20.6. The molecule has 3 aliphatic rings. The number of amides is 2. The van der Waals surface area contributed by atoms with Gasteiger partial charge in [-0.2, -0.15) is 0 Å². The highest BCUT2D eigenvalue weighted by Crippen LogP contribution is 2.52. The average molecular weight is 610 g/mol. The number of carboxylic acids is 1. The Bertz CT molecular complexity index is 1480. The molecular formula is C31H35N3O8S. The third kappa shape index (κ3) is 5.74.